The van der Waals surface area contributed by atoms with E-state index in [2.05, 4.69) is 10.2 Å². The third-order valence-corrected chi connectivity index (χ3v) is 7.05. The lowest BCUT2D eigenvalue weighted by atomic mass is 9.79. The van der Waals surface area contributed by atoms with Crippen LogP contribution in [0.5, 0.6) is 0 Å². The zero-order chi connectivity index (χ0) is 23.6. The molecule has 2 amide bonds. The standard InChI is InChI=1S/C25H32ClN3O4/c1-25(24(31)28(2)3)10-12-29(13-11-25)20-5-4-18(26)16-19(20)27-23(30)22-7-6-21(33-22)17-8-14-32-15-9-17/h4-7,16-17H,8-15H2,1-3H3,(H,27,30). The van der Waals surface area contributed by atoms with Gasteiger partial charge in [-0.3, -0.25) is 9.59 Å². The molecule has 2 aliphatic heterocycles. The van der Waals surface area contributed by atoms with Crippen molar-refractivity contribution in [2.45, 2.75) is 38.5 Å². The molecular weight excluding hydrogens is 442 g/mol. The van der Waals surface area contributed by atoms with Gasteiger partial charge in [0.25, 0.3) is 5.91 Å². The fourth-order valence-corrected chi connectivity index (χ4v) is 4.91. The maximum Gasteiger partial charge on any atom is 0.291 e. The summed E-state index contributed by atoms with van der Waals surface area (Å²) in [6, 6.07) is 9.11. The Bertz CT molecular complexity index is 1000. The number of nitrogens with zero attached hydrogens (tertiary/aromatic N) is 2. The molecule has 2 saturated heterocycles. The van der Waals surface area contributed by atoms with Gasteiger partial charge in [0.15, 0.2) is 5.76 Å². The Morgan fingerprint density at radius 3 is 2.48 bits per heavy atom. The number of amides is 2. The highest BCUT2D eigenvalue weighted by atomic mass is 35.5. The van der Waals surface area contributed by atoms with Crippen molar-refractivity contribution < 1.29 is 18.7 Å². The molecule has 1 N–H and O–H groups in total. The Morgan fingerprint density at radius 2 is 1.82 bits per heavy atom. The normalized spacial score (nSPS) is 18.7. The molecule has 0 atom stereocenters. The number of anilines is 2. The molecule has 0 radical (unpaired) electrons. The molecule has 3 heterocycles. The van der Waals surface area contributed by atoms with E-state index in [4.69, 9.17) is 20.8 Å². The first kappa shape index (κ1) is 23.6. The number of benzene rings is 1. The van der Waals surface area contributed by atoms with Crippen molar-refractivity contribution in [2.75, 3.05) is 50.6 Å². The smallest absolute Gasteiger partial charge is 0.291 e. The predicted molar refractivity (Wildman–Crippen MR) is 129 cm³/mol. The summed E-state index contributed by atoms with van der Waals surface area (Å²) in [4.78, 5) is 29.5. The van der Waals surface area contributed by atoms with Gasteiger partial charge in [0.2, 0.25) is 5.91 Å². The third-order valence-electron chi connectivity index (χ3n) is 6.81. The summed E-state index contributed by atoms with van der Waals surface area (Å²) in [6.45, 7) is 4.90. The number of hydrogen-bond donors (Lipinski definition) is 1. The highest BCUT2D eigenvalue weighted by Crippen LogP contribution is 2.38. The van der Waals surface area contributed by atoms with Gasteiger partial charge < -0.3 is 24.3 Å². The number of hydrogen-bond acceptors (Lipinski definition) is 5. The average molecular weight is 474 g/mol. The maximum absolute atomic E-state index is 13.0. The quantitative estimate of drug-likeness (QED) is 0.676. The van der Waals surface area contributed by atoms with E-state index >= 15 is 0 Å². The Kier molecular flexibility index (Phi) is 7.00. The Labute approximate surface area is 200 Å². The predicted octanol–water partition coefficient (Wildman–Crippen LogP) is 4.77. The molecule has 2 aliphatic rings. The Morgan fingerprint density at radius 1 is 1.12 bits per heavy atom. The molecule has 1 aromatic carbocycles. The first-order valence-corrected chi connectivity index (χ1v) is 11.9. The van der Waals surface area contributed by atoms with Crippen LogP contribution in [-0.4, -0.2) is 57.1 Å². The molecule has 178 valence electrons. The van der Waals surface area contributed by atoms with Gasteiger partial charge in [-0.05, 0) is 56.0 Å². The molecule has 0 spiro atoms. The van der Waals surface area contributed by atoms with E-state index in [0.29, 0.717) is 23.9 Å². The number of piperidine rings is 1. The Balaban J connectivity index is 1.47. The zero-order valence-electron chi connectivity index (χ0n) is 19.5. The molecule has 33 heavy (non-hydrogen) atoms. The Hall–Kier alpha value is -2.51. The van der Waals surface area contributed by atoms with Crippen molar-refractivity contribution in [2.24, 2.45) is 5.41 Å². The van der Waals surface area contributed by atoms with E-state index in [9.17, 15) is 9.59 Å². The van der Waals surface area contributed by atoms with Crippen molar-refractivity contribution in [1.82, 2.24) is 4.90 Å². The van der Waals surface area contributed by atoms with Gasteiger partial charge >= 0.3 is 0 Å². The molecule has 0 unspecified atom stereocenters. The van der Waals surface area contributed by atoms with Crippen molar-refractivity contribution in [3.8, 4) is 0 Å². The minimum Gasteiger partial charge on any atom is -0.456 e. The van der Waals surface area contributed by atoms with Gasteiger partial charge in [-0.15, -0.1) is 0 Å². The van der Waals surface area contributed by atoms with Gasteiger partial charge in [0.05, 0.1) is 11.4 Å². The lowest BCUT2D eigenvalue weighted by molar-refractivity contribution is -0.139. The molecule has 0 aliphatic carbocycles. The summed E-state index contributed by atoms with van der Waals surface area (Å²) in [5.41, 5.74) is 1.16. The number of carbonyl (C=O) groups is 2. The number of ether oxygens (including phenoxy) is 1. The molecule has 0 saturated carbocycles. The summed E-state index contributed by atoms with van der Waals surface area (Å²) in [7, 11) is 3.60. The SMILES string of the molecule is CN(C)C(=O)C1(C)CCN(c2ccc(Cl)cc2NC(=O)c2ccc(C3CCOCC3)o2)CC1. The van der Waals surface area contributed by atoms with Gasteiger partial charge in [0.1, 0.15) is 5.76 Å². The highest BCUT2D eigenvalue weighted by Gasteiger charge is 2.38. The number of carbonyl (C=O) groups excluding carboxylic acids is 2. The van der Waals surface area contributed by atoms with Crippen molar-refractivity contribution >= 4 is 34.8 Å². The molecule has 2 fully saturated rings. The van der Waals surface area contributed by atoms with Crippen LogP contribution in [0.2, 0.25) is 5.02 Å². The molecule has 0 bridgehead atoms. The second kappa shape index (κ2) is 9.77. The van der Waals surface area contributed by atoms with Crippen LogP contribution in [0.3, 0.4) is 0 Å². The van der Waals surface area contributed by atoms with Crippen LogP contribution in [0.4, 0.5) is 11.4 Å². The zero-order valence-corrected chi connectivity index (χ0v) is 20.3. The second-order valence-electron chi connectivity index (χ2n) is 9.45. The lowest BCUT2D eigenvalue weighted by Gasteiger charge is -2.41. The van der Waals surface area contributed by atoms with E-state index in [0.717, 1.165) is 50.2 Å². The van der Waals surface area contributed by atoms with Gasteiger partial charge in [-0.25, -0.2) is 0 Å². The van der Waals surface area contributed by atoms with Crippen LogP contribution in [0.25, 0.3) is 0 Å². The van der Waals surface area contributed by atoms with Crippen molar-refractivity contribution in [1.29, 1.82) is 0 Å². The largest absolute Gasteiger partial charge is 0.456 e. The van der Waals surface area contributed by atoms with Crippen molar-refractivity contribution in [3.63, 3.8) is 0 Å². The average Bonchev–Trinajstić information content (AvgIpc) is 3.31. The molecule has 2 aromatic rings. The first-order valence-electron chi connectivity index (χ1n) is 11.5. The van der Waals surface area contributed by atoms with Gasteiger partial charge in [0, 0.05) is 56.8 Å². The monoisotopic (exact) mass is 473 g/mol. The molecule has 1 aromatic heterocycles. The van der Waals surface area contributed by atoms with Crippen LogP contribution in [0.15, 0.2) is 34.7 Å². The second-order valence-corrected chi connectivity index (χ2v) is 9.89. The van der Waals surface area contributed by atoms with E-state index < -0.39 is 0 Å². The third kappa shape index (κ3) is 5.20. The van der Waals surface area contributed by atoms with Crippen LogP contribution < -0.4 is 10.2 Å². The number of rotatable bonds is 5. The van der Waals surface area contributed by atoms with Crippen molar-refractivity contribution in [3.05, 3.63) is 46.9 Å². The topological polar surface area (TPSA) is 75.0 Å². The summed E-state index contributed by atoms with van der Waals surface area (Å²) in [5.74, 6) is 1.25. The van der Waals surface area contributed by atoms with E-state index in [-0.39, 0.29) is 28.9 Å². The van der Waals surface area contributed by atoms with Gasteiger partial charge in [-0.1, -0.05) is 18.5 Å². The fraction of sp³-hybridized carbons (Fsp3) is 0.520. The fourth-order valence-electron chi connectivity index (χ4n) is 4.74. The number of nitrogens with one attached hydrogen (secondary N) is 1. The van der Waals surface area contributed by atoms with E-state index in [1.165, 1.54) is 0 Å². The molecule has 7 nitrogen and oxygen atoms in total. The van der Waals surface area contributed by atoms with E-state index in [1.807, 2.05) is 25.1 Å². The molecule has 4 rings (SSSR count). The first-order chi connectivity index (χ1) is 15.8. The van der Waals surface area contributed by atoms with Crippen LogP contribution in [0, 0.1) is 5.41 Å². The highest BCUT2D eigenvalue weighted by molar-refractivity contribution is 6.31. The van der Waals surface area contributed by atoms with Gasteiger partial charge in [-0.2, -0.15) is 0 Å². The summed E-state index contributed by atoms with van der Waals surface area (Å²) in [6.07, 6.45) is 3.29. The van der Waals surface area contributed by atoms with Crippen LogP contribution in [-0.2, 0) is 9.53 Å². The van der Waals surface area contributed by atoms with E-state index in [1.54, 1.807) is 31.1 Å². The van der Waals surface area contributed by atoms with Crippen LogP contribution in [0.1, 0.15) is 54.8 Å². The maximum atomic E-state index is 13.0. The number of furan rings is 1. The number of halogens is 1. The summed E-state index contributed by atoms with van der Waals surface area (Å²) < 4.78 is 11.3. The lowest BCUT2D eigenvalue weighted by Crippen LogP contribution is -2.47. The van der Waals surface area contributed by atoms with Crippen LogP contribution >= 0.6 is 11.6 Å². The summed E-state index contributed by atoms with van der Waals surface area (Å²) in [5, 5.41) is 3.53. The minimum atomic E-state index is -0.370. The molecule has 8 heteroatoms. The minimum absolute atomic E-state index is 0.157. The molecular formula is C25H32ClN3O4. The summed E-state index contributed by atoms with van der Waals surface area (Å²) >= 11 is 6.26.